The highest BCUT2D eigenvalue weighted by atomic mass is 35.5. The van der Waals surface area contributed by atoms with Crippen LogP contribution in [0.3, 0.4) is 0 Å². The Balaban J connectivity index is 2.20. The van der Waals surface area contributed by atoms with Gasteiger partial charge in [-0.05, 0) is 11.6 Å². The zero-order valence-corrected chi connectivity index (χ0v) is 10.0. The van der Waals surface area contributed by atoms with Gasteiger partial charge in [0.1, 0.15) is 6.26 Å². The lowest BCUT2D eigenvalue weighted by atomic mass is 10.1. The molecule has 2 aromatic rings. The zero-order chi connectivity index (χ0) is 11.4. The molecule has 0 aliphatic heterocycles. The van der Waals surface area contributed by atoms with Crippen molar-refractivity contribution in [3.63, 3.8) is 0 Å². The summed E-state index contributed by atoms with van der Waals surface area (Å²) in [6.07, 6.45) is 3.16. The van der Waals surface area contributed by atoms with Gasteiger partial charge >= 0.3 is 0 Å². The van der Waals surface area contributed by atoms with E-state index in [1.54, 1.807) is 12.5 Å². The predicted molar refractivity (Wildman–Crippen MR) is 65.6 cm³/mol. The van der Waals surface area contributed by atoms with E-state index in [0.717, 1.165) is 10.6 Å². The zero-order valence-electron chi connectivity index (χ0n) is 8.47. The van der Waals surface area contributed by atoms with Crippen LogP contribution in [0.1, 0.15) is 10.8 Å². The molecule has 0 spiro atoms. The Morgan fingerprint density at radius 1 is 1.44 bits per heavy atom. The van der Waals surface area contributed by atoms with Gasteiger partial charge in [0, 0.05) is 11.6 Å². The van der Waals surface area contributed by atoms with E-state index in [2.05, 4.69) is 4.98 Å². The molecule has 16 heavy (non-hydrogen) atoms. The van der Waals surface area contributed by atoms with Crippen molar-refractivity contribution in [2.75, 3.05) is 6.54 Å². The maximum absolute atomic E-state index is 6.12. The van der Waals surface area contributed by atoms with Gasteiger partial charge in [-0.25, -0.2) is 4.98 Å². The lowest BCUT2D eigenvalue weighted by Gasteiger charge is -2.13. The maximum Gasteiger partial charge on any atom is 0.256 e. The molecule has 0 bridgehead atoms. The molecule has 5 heteroatoms. The Hall–Kier alpha value is -0.970. The SMILES string of the molecule is NCC(Sc1ncco1)c1ccccc1Cl. The van der Waals surface area contributed by atoms with Gasteiger partial charge in [-0.3, -0.25) is 0 Å². The van der Waals surface area contributed by atoms with E-state index in [0.29, 0.717) is 11.8 Å². The number of oxazole rings is 1. The van der Waals surface area contributed by atoms with Crippen molar-refractivity contribution in [3.8, 4) is 0 Å². The Bertz CT molecular complexity index is 447. The second-order valence-corrected chi connectivity index (χ2v) is 4.72. The van der Waals surface area contributed by atoms with Gasteiger partial charge < -0.3 is 10.2 Å². The van der Waals surface area contributed by atoms with E-state index < -0.39 is 0 Å². The minimum absolute atomic E-state index is 0.0624. The van der Waals surface area contributed by atoms with Crippen molar-refractivity contribution in [3.05, 3.63) is 47.3 Å². The fraction of sp³-hybridized carbons (Fsp3) is 0.182. The van der Waals surface area contributed by atoms with Crippen molar-refractivity contribution in [2.45, 2.75) is 10.5 Å². The summed E-state index contributed by atoms with van der Waals surface area (Å²) in [5.74, 6) is 0. The van der Waals surface area contributed by atoms with Crippen LogP contribution in [0.25, 0.3) is 0 Å². The number of nitrogens with zero attached hydrogens (tertiary/aromatic N) is 1. The summed E-state index contributed by atoms with van der Waals surface area (Å²) in [6, 6.07) is 7.67. The topological polar surface area (TPSA) is 52.0 Å². The Morgan fingerprint density at radius 3 is 2.88 bits per heavy atom. The minimum atomic E-state index is 0.0624. The molecular weight excluding hydrogens is 244 g/mol. The van der Waals surface area contributed by atoms with Gasteiger partial charge in [0.05, 0.1) is 11.4 Å². The largest absolute Gasteiger partial charge is 0.440 e. The van der Waals surface area contributed by atoms with E-state index in [1.807, 2.05) is 24.3 Å². The third-order valence-electron chi connectivity index (χ3n) is 2.12. The summed E-state index contributed by atoms with van der Waals surface area (Å²) in [5, 5.41) is 1.39. The van der Waals surface area contributed by atoms with Crippen molar-refractivity contribution >= 4 is 23.4 Å². The fourth-order valence-corrected chi connectivity index (χ4v) is 2.60. The lowest BCUT2D eigenvalue weighted by Crippen LogP contribution is -2.09. The van der Waals surface area contributed by atoms with Crippen LogP contribution in [0.15, 0.2) is 46.4 Å². The molecule has 0 aliphatic rings. The molecule has 2 N–H and O–H groups in total. The molecule has 1 heterocycles. The van der Waals surface area contributed by atoms with E-state index in [1.165, 1.54) is 11.8 Å². The van der Waals surface area contributed by atoms with Gasteiger partial charge in [-0.15, -0.1) is 0 Å². The Kier molecular flexibility index (Phi) is 3.88. The second-order valence-electron chi connectivity index (χ2n) is 3.16. The smallest absolute Gasteiger partial charge is 0.256 e. The van der Waals surface area contributed by atoms with Gasteiger partial charge in [-0.2, -0.15) is 0 Å². The van der Waals surface area contributed by atoms with Crippen molar-refractivity contribution in [2.24, 2.45) is 5.73 Å². The number of benzene rings is 1. The summed E-state index contributed by atoms with van der Waals surface area (Å²) in [4.78, 5) is 4.06. The number of nitrogens with two attached hydrogens (primary N) is 1. The highest BCUT2D eigenvalue weighted by Gasteiger charge is 2.16. The molecule has 0 amide bonds. The average molecular weight is 255 g/mol. The fourth-order valence-electron chi connectivity index (χ4n) is 1.37. The number of hydrogen-bond acceptors (Lipinski definition) is 4. The summed E-state index contributed by atoms with van der Waals surface area (Å²) >= 11 is 7.59. The molecule has 0 saturated heterocycles. The summed E-state index contributed by atoms with van der Waals surface area (Å²) in [5.41, 5.74) is 6.75. The summed E-state index contributed by atoms with van der Waals surface area (Å²) < 4.78 is 5.18. The van der Waals surface area contributed by atoms with Crippen LogP contribution in [0.2, 0.25) is 5.02 Å². The molecular formula is C11H11ClN2OS. The lowest BCUT2D eigenvalue weighted by molar-refractivity contribution is 0.453. The first-order valence-electron chi connectivity index (χ1n) is 4.82. The van der Waals surface area contributed by atoms with Crippen molar-refractivity contribution < 1.29 is 4.42 Å². The predicted octanol–water partition coefficient (Wildman–Crippen LogP) is 3.12. The Labute approximate surface area is 103 Å². The third-order valence-corrected chi connectivity index (χ3v) is 3.60. The van der Waals surface area contributed by atoms with Crippen LogP contribution in [0, 0.1) is 0 Å². The first-order valence-corrected chi connectivity index (χ1v) is 6.07. The number of aromatic nitrogens is 1. The van der Waals surface area contributed by atoms with E-state index >= 15 is 0 Å². The molecule has 0 saturated carbocycles. The summed E-state index contributed by atoms with van der Waals surface area (Å²) in [6.45, 7) is 0.483. The van der Waals surface area contributed by atoms with Crippen molar-refractivity contribution in [1.29, 1.82) is 0 Å². The number of rotatable bonds is 4. The first kappa shape index (κ1) is 11.5. The maximum atomic E-state index is 6.12. The van der Waals surface area contributed by atoms with Gasteiger partial charge in [0.25, 0.3) is 5.22 Å². The third kappa shape index (κ3) is 2.58. The van der Waals surface area contributed by atoms with Crippen molar-refractivity contribution in [1.82, 2.24) is 4.98 Å². The number of thioether (sulfide) groups is 1. The van der Waals surface area contributed by atoms with E-state index in [9.17, 15) is 0 Å². The van der Waals surface area contributed by atoms with Crippen LogP contribution in [-0.4, -0.2) is 11.5 Å². The normalized spacial score (nSPS) is 12.6. The van der Waals surface area contributed by atoms with Gasteiger partial charge in [-0.1, -0.05) is 41.6 Å². The minimum Gasteiger partial charge on any atom is -0.440 e. The van der Waals surface area contributed by atoms with Crippen LogP contribution in [0.5, 0.6) is 0 Å². The van der Waals surface area contributed by atoms with Gasteiger partial charge in [0.15, 0.2) is 0 Å². The van der Waals surface area contributed by atoms with Crippen LogP contribution in [0.4, 0.5) is 0 Å². The molecule has 84 valence electrons. The monoisotopic (exact) mass is 254 g/mol. The molecule has 0 aliphatic carbocycles. The Morgan fingerprint density at radius 2 is 2.25 bits per heavy atom. The molecule has 3 nitrogen and oxygen atoms in total. The van der Waals surface area contributed by atoms with E-state index in [4.69, 9.17) is 21.8 Å². The molecule has 1 aromatic carbocycles. The highest BCUT2D eigenvalue weighted by molar-refractivity contribution is 7.99. The first-order chi connectivity index (χ1) is 7.81. The van der Waals surface area contributed by atoms with Gasteiger partial charge in [0.2, 0.25) is 0 Å². The second kappa shape index (κ2) is 5.39. The van der Waals surface area contributed by atoms with Crippen LogP contribution in [-0.2, 0) is 0 Å². The average Bonchev–Trinajstić information content (AvgIpc) is 2.80. The molecule has 0 fully saturated rings. The molecule has 1 atom stereocenters. The van der Waals surface area contributed by atoms with E-state index in [-0.39, 0.29) is 5.25 Å². The number of hydrogen-bond donors (Lipinski definition) is 1. The quantitative estimate of drug-likeness (QED) is 0.852. The number of halogens is 1. The van der Waals surface area contributed by atoms with Crippen LogP contribution >= 0.6 is 23.4 Å². The molecule has 0 radical (unpaired) electrons. The van der Waals surface area contributed by atoms with Crippen LogP contribution < -0.4 is 5.73 Å². The molecule has 1 unspecified atom stereocenters. The summed E-state index contributed by atoms with van der Waals surface area (Å²) in [7, 11) is 0. The highest BCUT2D eigenvalue weighted by Crippen LogP contribution is 2.36. The standard InChI is InChI=1S/C11H11ClN2OS/c12-9-4-2-1-3-8(9)10(7-13)16-11-14-5-6-15-11/h1-6,10H,7,13H2. The molecule has 2 rings (SSSR count). The molecule has 1 aromatic heterocycles.